The normalized spacial score (nSPS) is 43.0. The molecule has 6 heterocycles. The molecule has 21 N–H and O–H groups in total. The standard InChI is InChI=1S/C47H74O33.2HO3P/c48-9-17-24(54)30(60)36(66)43(72-17)79-39-33(63)26(56)19(11-50)74-45(39)71-14-21-28(58)32(62)35(65)42(76-21)70-15-22-29(59)38(41(69-13-16-5-2-1-3-6-16)46(77-22)68-8-4-7-23(52)53)78-47-40(34(64)27(57)20(12-51)75-47)80-44-37(67)31(61)25(55)18(10-49)73-44;2*1-3-4-2/h1-3,5-6,17-22,24-51,54-67H,4,7-15H2,(H,52,53);2*1H/t17?,18?,19?,20?,21?,22?,24-,25-,26-,27-,28-,29-,30+,31+,32+,33+,34+,35?,36?,37?,38+,39?,40?,41?,42+,43-,44-,45+,46-,47-;;/m1../s1. The van der Waals surface area contributed by atoms with E-state index in [1.54, 1.807) is 30.3 Å². The Kier molecular flexibility index (Phi) is 32.4. The molecule has 0 bridgehead atoms. The van der Waals surface area contributed by atoms with E-state index in [1.807, 2.05) is 0 Å². The predicted octanol–water partition coefficient (Wildman–Crippen LogP) is -9.62. The summed E-state index contributed by atoms with van der Waals surface area (Å²) in [6.07, 6.45) is -56.3. The Balaban J connectivity index is 0.00000166. The molecule has 1 aromatic rings. The van der Waals surface area contributed by atoms with Crippen molar-refractivity contribution >= 4 is 23.3 Å². The first-order valence-electron chi connectivity index (χ1n) is 26.8. The van der Waals surface area contributed by atoms with E-state index < -0.39 is 247 Å². The zero-order chi connectivity index (χ0) is 65.1. The second-order valence-corrected chi connectivity index (χ2v) is 20.9. The summed E-state index contributed by atoms with van der Waals surface area (Å²) in [6.45, 7) is -5.88. The molecular weight excluding hydrogens is 1250 g/mol. The van der Waals surface area contributed by atoms with Crippen molar-refractivity contribution in [2.24, 2.45) is 0 Å². The quantitative estimate of drug-likeness (QED) is 0.0177. The lowest BCUT2D eigenvalue weighted by Gasteiger charge is -2.49. The highest BCUT2D eigenvalue weighted by Crippen LogP contribution is 2.37. The van der Waals surface area contributed by atoms with E-state index >= 15 is 0 Å². The number of rotatable bonds is 26. The molecule has 12 unspecified atom stereocenters. The molecule has 30 atom stereocenters. The molecule has 1 aromatic carbocycles. The second kappa shape index (κ2) is 37.4. The Bertz CT molecular complexity index is 2150. The lowest BCUT2D eigenvalue weighted by atomic mass is 9.96. The molecule has 0 aromatic heterocycles. The molecule has 0 spiro atoms. The number of hydrogen-bond acceptors (Lipinski definition) is 38. The van der Waals surface area contributed by atoms with E-state index in [1.165, 1.54) is 0 Å². The van der Waals surface area contributed by atoms with Gasteiger partial charge in [-0.2, -0.15) is 0 Å². The van der Waals surface area contributed by atoms with Crippen LogP contribution in [0, 0.1) is 0 Å². The highest BCUT2D eigenvalue weighted by atomic mass is 31.1. The number of carboxylic acid groups (broad SMARTS) is 1. The summed E-state index contributed by atoms with van der Waals surface area (Å²) in [5, 5.41) is 216. The molecule has 6 fully saturated rings. The van der Waals surface area contributed by atoms with Gasteiger partial charge in [0.2, 0.25) is 0 Å². The minimum atomic E-state index is -2.09. The molecule has 508 valence electrons. The van der Waals surface area contributed by atoms with Crippen LogP contribution < -0.4 is 0 Å². The number of ether oxygens (including phenoxy) is 13. The number of aliphatic hydroxyl groups excluding tert-OH is 18. The first-order chi connectivity index (χ1) is 42.0. The maximum Gasteiger partial charge on any atom is 0.358 e. The van der Waals surface area contributed by atoms with Gasteiger partial charge in [0.05, 0.1) is 52.9 Å². The molecule has 0 radical (unpaired) electrons. The number of carbonyl (C=O) groups is 1. The van der Waals surface area contributed by atoms with Gasteiger partial charge >= 0.3 is 23.3 Å². The van der Waals surface area contributed by atoms with Gasteiger partial charge in [0.25, 0.3) is 0 Å². The van der Waals surface area contributed by atoms with Gasteiger partial charge in [0, 0.05) is 6.42 Å². The molecule has 41 heteroatoms. The minimum absolute atomic E-state index is 0.0999. The highest BCUT2D eigenvalue weighted by Gasteiger charge is 2.57. The first kappa shape index (κ1) is 76.2. The van der Waals surface area contributed by atoms with Gasteiger partial charge in [-0.05, 0) is 12.0 Å². The van der Waals surface area contributed by atoms with Gasteiger partial charge in [-0.3, -0.25) is 4.79 Å². The molecule has 0 aliphatic carbocycles. The molecule has 6 saturated heterocycles. The topological polar surface area (TPSA) is 614 Å². The van der Waals surface area contributed by atoms with Crippen molar-refractivity contribution in [2.75, 3.05) is 46.2 Å². The SMILES string of the molecule is O=C(O)CCCO[C@@H]1OC(CO[C@H]2OC(CO[C@H]3OC(CO)[C@@H](O)[C@H](O)C3O[C@H]3OC(CO)[C@@H](O)[C@H](O)C3O)[C@@H](O)[C@H](O)C2O)[C@@H](O)[C@H](O[C@H]2OC(CO)[C@@H](O)[C@H](O)C2O[C@H]2OC(CO)[C@@H](O)[C@H](O)C2O)C1OCc1ccccc1.O=POO.O=POO. The molecule has 39 nitrogen and oxygen atoms in total. The van der Waals surface area contributed by atoms with E-state index in [2.05, 4.69) is 9.35 Å². The maximum atomic E-state index is 12.3. The van der Waals surface area contributed by atoms with E-state index in [-0.39, 0.29) is 26.1 Å². The number of aliphatic carboxylic acids is 1. The fraction of sp³-hybridized carbons (Fsp3) is 0.851. The molecular formula is C47H76O39P2. The summed E-state index contributed by atoms with van der Waals surface area (Å²) in [5.74, 6) is -1.18. The molecule has 88 heavy (non-hydrogen) atoms. The fourth-order valence-corrected chi connectivity index (χ4v) is 9.73. The zero-order valence-electron chi connectivity index (χ0n) is 45.9. The van der Waals surface area contributed by atoms with Crippen molar-refractivity contribution in [3.8, 4) is 0 Å². The Morgan fingerprint density at radius 2 is 0.750 bits per heavy atom. The summed E-state index contributed by atoms with van der Waals surface area (Å²) in [4.78, 5) is 11.5. The first-order valence-corrected chi connectivity index (χ1v) is 28.3. The van der Waals surface area contributed by atoms with Gasteiger partial charge in [-0.15, -0.1) is 9.35 Å². The van der Waals surface area contributed by atoms with E-state index in [9.17, 15) is 102 Å². The van der Waals surface area contributed by atoms with Crippen LogP contribution in [0.4, 0.5) is 0 Å². The van der Waals surface area contributed by atoms with Crippen molar-refractivity contribution in [1.29, 1.82) is 0 Å². The average Bonchev–Trinajstić information content (AvgIpc) is 1.69. The molecule has 6 aliphatic rings. The predicted molar refractivity (Wildman–Crippen MR) is 271 cm³/mol. The number of hydrogen-bond donors (Lipinski definition) is 21. The molecule has 0 saturated carbocycles. The van der Waals surface area contributed by atoms with Crippen LogP contribution in [0.15, 0.2) is 30.3 Å². The Labute approximate surface area is 500 Å². The lowest BCUT2D eigenvalue weighted by Crippen LogP contribution is -2.67. The van der Waals surface area contributed by atoms with Crippen molar-refractivity contribution in [3.05, 3.63) is 35.9 Å². The monoisotopic (exact) mass is 1330 g/mol. The Morgan fingerprint density at radius 3 is 1.20 bits per heavy atom. The van der Waals surface area contributed by atoms with Crippen LogP contribution in [0.25, 0.3) is 0 Å². The van der Waals surface area contributed by atoms with Crippen molar-refractivity contribution in [1.82, 2.24) is 0 Å². The van der Waals surface area contributed by atoms with Crippen molar-refractivity contribution < 1.29 is 192 Å². The number of carboxylic acids is 1. The summed E-state index contributed by atoms with van der Waals surface area (Å²) in [5.41, 5.74) is 0.559. The van der Waals surface area contributed by atoms with E-state index in [0.717, 1.165) is 0 Å². The maximum absolute atomic E-state index is 12.3. The van der Waals surface area contributed by atoms with Crippen LogP contribution in [0.3, 0.4) is 0 Å². The fourth-order valence-electron chi connectivity index (χ4n) is 9.73. The third-order valence-corrected chi connectivity index (χ3v) is 14.7. The summed E-state index contributed by atoms with van der Waals surface area (Å²) in [6, 6.07) is 8.43. The van der Waals surface area contributed by atoms with Crippen LogP contribution in [-0.4, -0.2) is 344 Å². The lowest BCUT2D eigenvalue weighted by molar-refractivity contribution is -0.393. The molecule has 0 amide bonds. The summed E-state index contributed by atoms with van der Waals surface area (Å²) in [7, 11) is -1.39. The van der Waals surface area contributed by atoms with Crippen molar-refractivity contribution in [3.63, 3.8) is 0 Å². The van der Waals surface area contributed by atoms with Crippen LogP contribution in [0.2, 0.25) is 0 Å². The van der Waals surface area contributed by atoms with Crippen LogP contribution in [-0.2, 0) is 91.5 Å². The third kappa shape index (κ3) is 19.8. The van der Waals surface area contributed by atoms with Gasteiger partial charge in [0.1, 0.15) is 146 Å². The van der Waals surface area contributed by atoms with Gasteiger partial charge < -0.3 is 159 Å². The molecule has 7 rings (SSSR count). The van der Waals surface area contributed by atoms with E-state index in [4.69, 9.17) is 81.2 Å². The molecule has 6 aliphatic heterocycles. The van der Waals surface area contributed by atoms with Crippen molar-refractivity contribution in [2.45, 2.75) is 204 Å². The summed E-state index contributed by atoms with van der Waals surface area (Å²) >= 11 is 0. The number of aliphatic hydroxyl groups is 18. The van der Waals surface area contributed by atoms with Crippen LogP contribution in [0.5, 0.6) is 0 Å². The second-order valence-electron chi connectivity index (χ2n) is 20.3. The van der Waals surface area contributed by atoms with Crippen LogP contribution in [0.1, 0.15) is 18.4 Å². The largest absolute Gasteiger partial charge is 0.481 e. The number of benzene rings is 1. The minimum Gasteiger partial charge on any atom is -0.481 e. The van der Waals surface area contributed by atoms with Gasteiger partial charge in [-0.25, -0.2) is 19.6 Å². The van der Waals surface area contributed by atoms with Crippen LogP contribution >= 0.6 is 17.4 Å². The average molecular weight is 1330 g/mol. The van der Waals surface area contributed by atoms with Gasteiger partial charge in [-0.1, -0.05) is 30.3 Å². The van der Waals surface area contributed by atoms with Gasteiger partial charge in [0.15, 0.2) is 37.7 Å². The van der Waals surface area contributed by atoms with E-state index in [0.29, 0.717) is 5.56 Å². The zero-order valence-corrected chi connectivity index (χ0v) is 47.7. The third-order valence-electron chi connectivity index (χ3n) is 14.5. The Morgan fingerprint density at radius 1 is 0.398 bits per heavy atom. The highest BCUT2D eigenvalue weighted by molar-refractivity contribution is 7.17. The Hall–Kier alpha value is -2.51. The summed E-state index contributed by atoms with van der Waals surface area (Å²) < 4.78 is 99.6. The smallest absolute Gasteiger partial charge is 0.358 e.